The Balaban J connectivity index is 2.32. The highest BCUT2D eigenvalue weighted by Gasteiger charge is 2.23. The molecule has 0 bridgehead atoms. The van der Waals surface area contributed by atoms with Gasteiger partial charge in [-0.1, -0.05) is 0 Å². The third kappa shape index (κ3) is 2.89. The van der Waals surface area contributed by atoms with Gasteiger partial charge in [0.15, 0.2) is 0 Å². The Morgan fingerprint density at radius 3 is 2.76 bits per heavy atom. The largest absolute Gasteiger partial charge is 0.462 e. The molecule has 0 aliphatic carbocycles. The van der Waals surface area contributed by atoms with Gasteiger partial charge in [-0.3, -0.25) is 9.89 Å². The lowest BCUT2D eigenvalue weighted by Crippen LogP contribution is -2.16. The van der Waals surface area contributed by atoms with Crippen molar-refractivity contribution in [3.05, 3.63) is 27.9 Å². The SMILES string of the molecule is CCOC(=O)c1c(NC(=O)c2[nH]ncc2N)sc(C)c1C. The number of nitrogens with two attached hydrogens (primary N) is 1. The molecule has 2 aromatic heterocycles. The molecule has 112 valence electrons. The minimum absolute atomic E-state index is 0.161. The van der Waals surface area contributed by atoms with E-state index in [1.54, 1.807) is 6.92 Å². The Labute approximate surface area is 125 Å². The molecule has 1 amide bonds. The Morgan fingerprint density at radius 2 is 2.19 bits per heavy atom. The topological polar surface area (TPSA) is 110 Å². The number of hydrogen-bond donors (Lipinski definition) is 3. The summed E-state index contributed by atoms with van der Waals surface area (Å²) in [5.74, 6) is -0.899. The first-order valence-corrected chi connectivity index (χ1v) is 7.14. The lowest BCUT2D eigenvalue weighted by atomic mass is 10.1. The molecule has 0 radical (unpaired) electrons. The van der Waals surface area contributed by atoms with Crippen molar-refractivity contribution >= 4 is 33.9 Å². The van der Waals surface area contributed by atoms with Gasteiger partial charge >= 0.3 is 5.97 Å². The van der Waals surface area contributed by atoms with Crippen molar-refractivity contribution in [2.75, 3.05) is 17.7 Å². The lowest BCUT2D eigenvalue weighted by Gasteiger charge is -2.06. The zero-order chi connectivity index (χ0) is 15.6. The van der Waals surface area contributed by atoms with E-state index in [1.807, 2.05) is 13.8 Å². The van der Waals surface area contributed by atoms with Crippen LogP contribution in [0.25, 0.3) is 0 Å². The van der Waals surface area contributed by atoms with Crippen molar-refractivity contribution < 1.29 is 14.3 Å². The van der Waals surface area contributed by atoms with E-state index in [4.69, 9.17) is 10.5 Å². The van der Waals surface area contributed by atoms with E-state index in [0.717, 1.165) is 10.4 Å². The Morgan fingerprint density at radius 1 is 1.48 bits per heavy atom. The number of esters is 1. The highest BCUT2D eigenvalue weighted by molar-refractivity contribution is 7.16. The summed E-state index contributed by atoms with van der Waals surface area (Å²) in [5, 5.41) is 9.35. The van der Waals surface area contributed by atoms with Gasteiger partial charge < -0.3 is 15.8 Å². The minimum Gasteiger partial charge on any atom is -0.462 e. The molecular weight excluding hydrogens is 292 g/mol. The summed E-state index contributed by atoms with van der Waals surface area (Å²) in [6, 6.07) is 0. The van der Waals surface area contributed by atoms with Crippen LogP contribution in [-0.4, -0.2) is 28.7 Å². The second kappa shape index (κ2) is 5.96. The fourth-order valence-electron chi connectivity index (χ4n) is 1.81. The number of amides is 1. The number of carbonyl (C=O) groups is 2. The molecule has 0 aliphatic heterocycles. The van der Waals surface area contributed by atoms with E-state index in [9.17, 15) is 9.59 Å². The molecule has 2 heterocycles. The summed E-state index contributed by atoms with van der Waals surface area (Å²) in [5.41, 5.74) is 7.22. The predicted octanol–water partition coefficient (Wildman–Crippen LogP) is 2.10. The number of carbonyl (C=O) groups excluding carboxylic acids is 2. The molecule has 21 heavy (non-hydrogen) atoms. The van der Waals surface area contributed by atoms with Crippen LogP contribution in [0.15, 0.2) is 6.20 Å². The van der Waals surface area contributed by atoms with E-state index in [0.29, 0.717) is 10.6 Å². The first kappa shape index (κ1) is 15.0. The molecule has 0 spiro atoms. The average molecular weight is 308 g/mol. The Hall–Kier alpha value is -2.35. The second-order valence-electron chi connectivity index (χ2n) is 4.36. The first-order valence-electron chi connectivity index (χ1n) is 6.33. The number of aromatic amines is 1. The highest BCUT2D eigenvalue weighted by atomic mass is 32.1. The molecule has 2 rings (SSSR count). The fourth-order valence-corrected chi connectivity index (χ4v) is 2.85. The average Bonchev–Trinajstić information content (AvgIpc) is 2.95. The summed E-state index contributed by atoms with van der Waals surface area (Å²) in [7, 11) is 0. The van der Waals surface area contributed by atoms with Crippen molar-refractivity contribution in [1.29, 1.82) is 0 Å². The molecule has 0 fully saturated rings. The minimum atomic E-state index is -0.452. The zero-order valence-electron chi connectivity index (χ0n) is 11.9. The summed E-state index contributed by atoms with van der Waals surface area (Å²) in [6.07, 6.45) is 1.35. The monoisotopic (exact) mass is 308 g/mol. The number of hydrogen-bond acceptors (Lipinski definition) is 6. The lowest BCUT2D eigenvalue weighted by molar-refractivity contribution is 0.0527. The molecular formula is C13H16N4O3S. The van der Waals surface area contributed by atoms with Crippen molar-refractivity contribution in [2.45, 2.75) is 20.8 Å². The summed E-state index contributed by atoms with van der Waals surface area (Å²) < 4.78 is 5.03. The highest BCUT2D eigenvalue weighted by Crippen LogP contribution is 2.33. The quantitative estimate of drug-likeness (QED) is 0.749. The van der Waals surface area contributed by atoms with Gasteiger partial charge in [0.2, 0.25) is 0 Å². The van der Waals surface area contributed by atoms with Gasteiger partial charge in [0.05, 0.1) is 24.1 Å². The maximum atomic E-state index is 12.1. The molecule has 0 unspecified atom stereocenters. The van der Waals surface area contributed by atoms with Gasteiger partial charge in [-0.05, 0) is 26.3 Å². The maximum absolute atomic E-state index is 12.1. The molecule has 0 aromatic carbocycles. The zero-order valence-corrected chi connectivity index (χ0v) is 12.8. The second-order valence-corrected chi connectivity index (χ2v) is 5.59. The Bertz CT molecular complexity index is 690. The number of nitrogens with one attached hydrogen (secondary N) is 2. The number of anilines is 2. The van der Waals surface area contributed by atoms with Gasteiger partial charge in [-0.25, -0.2) is 4.79 Å². The van der Waals surface area contributed by atoms with Crippen LogP contribution >= 0.6 is 11.3 Å². The number of aromatic nitrogens is 2. The van der Waals surface area contributed by atoms with Gasteiger partial charge in [0, 0.05) is 4.88 Å². The smallest absolute Gasteiger partial charge is 0.341 e. The number of nitrogen functional groups attached to an aromatic ring is 1. The number of rotatable bonds is 4. The van der Waals surface area contributed by atoms with Crippen LogP contribution in [-0.2, 0) is 4.74 Å². The van der Waals surface area contributed by atoms with Crippen LogP contribution in [0.4, 0.5) is 10.7 Å². The molecule has 0 saturated carbocycles. The van der Waals surface area contributed by atoms with Crippen molar-refractivity contribution in [3.8, 4) is 0 Å². The van der Waals surface area contributed by atoms with E-state index in [1.165, 1.54) is 17.5 Å². The van der Waals surface area contributed by atoms with Crippen LogP contribution in [0.1, 0.15) is 38.2 Å². The normalized spacial score (nSPS) is 10.4. The number of H-pyrrole nitrogens is 1. The van der Waals surface area contributed by atoms with E-state index in [2.05, 4.69) is 15.5 Å². The summed E-state index contributed by atoms with van der Waals surface area (Å²) >= 11 is 1.32. The molecule has 0 atom stereocenters. The molecule has 8 heteroatoms. The van der Waals surface area contributed by atoms with Crippen molar-refractivity contribution in [2.24, 2.45) is 0 Å². The van der Waals surface area contributed by atoms with E-state index in [-0.39, 0.29) is 18.0 Å². The first-order chi connectivity index (χ1) is 9.95. The van der Waals surface area contributed by atoms with Crippen LogP contribution < -0.4 is 11.1 Å². The van der Waals surface area contributed by atoms with Crippen LogP contribution in [0, 0.1) is 13.8 Å². The van der Waals surface area contributed by atoms with Gasteiger partial charge in [-0.2, -0.15) is 5.10 Å². The van der Waals surface area contributed by atoms with Gasteiger partial charge in [0.25, 0.3) is 5.91 Å². The summed E-state index contributed by atoms with van der Waals surface area (Å²) in [6.45, 7) is 5.70. The third-order valence-electron chi connectivity index (χ3n) is 2.99. The molecule has 2 aromatic rings. The van der Waals surface area contributed by atoms with Crippen LogP contribution in [0.3, 0.4) is 0 Å². The Kier molecular flexibility index (Phi) is 4.27. The number of aryl methyl sites for hydroxylation is 1. The summed E-state index contributed by atoms with van der Waals surface area (Å²) in [4.78, 5) is 25.1. The standard InChI is InChI=1S/C13H16N4O3S/c1-4-20-13(19)9-6(2)7(3)21-12(9)16-11(18)10-8(14)5-15-17-10/h5H,4,14H2,1-3H3,(H,15,17)(H,16,18). The van der Waals surface area contributed by atoms with Gasteiger partial charge in [0.1, 0.15) is 10.7 Å². The number of ether oxygens (including phenoxy) is 1. The van der Waals surface area contributed by atoms with Crippen molar-refractivity contribution in [3.63, 3.8) is 0 Å². The third-order valence-corrected chi connectivity index (χ3v) is 4.11. The van der Waals surface area contributed by atoms with Crippen molar-refractivity contribution in [1.82, 2.24) is 10.2 Å². The van der Waals surface area contributed by atoms with E-state index < -0.39 is 11.9 Å². The van der Waals surface area contributed by atoms with Gasteiger partial charge in [-0.15, -0.1) is 11.3 Å². The molecule has 0 aliphatic rings. The van der Waals surface area contributed by atoms with Crippen LogP contribution in [0.2, 0.25) is 0 Å². The van der Waals surface area contributed by atoms with E-state index >= 15 is 0 Å². The maximum Gasteiger partial charge on any atom is 0.341 e. The van der Waals surface area contributed by atoms with Crippen LogP contribution in [0.5, 0.6) is 0 Å². The number of nitrogens with zero attached hydrogens (tertiary/aromatic N) is 1. The fraction of sp³-hybridized carbons (Fsp3) is 0.308. The molecule has 0 saturated heterocycles. The number of thiophene rings is 1. The predicted molar refractivity (Wildman–Crippen MR) is 80.7 cm³/mol. The molecule has 7 nitrogen and oxygen atoms in total. The molecule has 4 N–H and O–H groups in total.